The van der Waals surface area contributed by atoms with Gasteiger partial charge in [-0.05, 0) is 32.1 Å². The number of phosphoric acid groups is 3. The van der Waals surface area contributed by atoms with E-state index in [1.54, 1.807) is 0 Å². The number of allylic oxidation sites excluding steroid dienone is 6. The van der Waals surface area contributed by atoms with Crippen molar-refractivity contribution in [1.29, 1.82) is 0 Å². The standard InChI is InChI=1S/C37H60N7O17P3S/c1-4-5-6-7-8-9-10-11-12-13-14-15-16-17-28(46)65-21-20-39-27(45)18-19-40-35(49)32(48)37(2,3)23-58-64(55,56)61-63(53,54)57-22-26-31(60-62(50,51)52)30(47)36(59-26)44-25-43-29-33(38)41-24-42-34(29)44/h8-9,11-12,14-15,24-26,30-32,36,47-48H,4-7,10,13,16-23H2,1-3H3,(H,39,45)(H,40,49)(H,53,54)(H,55,56)(H2,38,41,42)(H2,50,51,52)/p-4/b9-8-,12-11-,15-14-/t26-,30-,31-,32+,36-/m1/s1. The number of nitrogens with one attached hydrogen (secondary N) is 2. The maximum atomic E-state index is 12.6. The van der Waals surface area contributed by atoms with Gasteiger partial charge in [0.1, 0.15) is 36.3 Å². The summed E-state index contributed by atoms with van der Waals surface area (Å²) in [5.74, 6) is -1.20. The first-order valence-electron chi connectivity index (χ1n) is 20.5. The smallest absolute Gasteiger partial charge is 0.274 e. The second-order valence-electron chi connectivity index (χ2n) is 15.1. The van der Waals surface area contributed by atoms with Crippen molar-refractivity contribution >= 4 is 69.1 Å². The van der Waals surface area contributed by atoms with Crippen LogP contribution in [-0.4, -0.2) is 103 Å². The number of nitrogens with zero attached hydrogens (tertiary/aromatic N) is 4. The molecule has 6 N–H and O–H groups in total. The fraction of sp³-hybridized carbons (Fsp3) is 0.622. The minimum atomic E-state index is -5.92. The van der Waals surface area contributed by atoms with Crippen molar-refractivity contribution in [3.8, 4) is 0 Å². The molecule has 24 nitrogen and oxygen atoms in total. The Bertz CT molecular complexity index is 2100. The lowest BCUT2D eigenvalue weighted by Crippen LogP contribution is -2.46. The molecule has 0 bridgehead atoms. The first kappa shape index (κ1) is 56.1. The van der Waals surface area contributed by atoms with Crippen molar-refractivity contribution in [2.75, 3.05) is 37.8 Å². The normalized spacial score (nSPS) is 20.7. The monoisotopic (exact) mass is 995 g/mol. The van der Waals surface area contributed by atoms with Crippen LogP contribution >= 0.6 is 35.2 Å². The van der Waals surface area contributed by atoms with Crippen LogP contribution in [0.25, 0.3) is 11.2 Å². The predicted molar refractivity (Wildman–Crippen MR) is 228 cm³/mol. The number of imidazole rings is 1. The van der Waals surface area contributed by atoms with Gasteiger partial charge < -0.3 is 69.0 Å². The molecule has 1 aliphatic heterocycles. The van der Waals surface area contributed by atoms with Gasteiger partial charge in [-0.15, -0.1) is 0 Å². The van der Waals surface area contributed by atoms with E-state index in [1.807, 2.05) is 12.2 Å². The summed E-state index contributed by atoms with van der Waals surface area (Å²) in [6.45, 7) is 2.29. The van der Waals surface area contributed by atoms with Crippen LogP contribution in [0.2, 0.25) is 0 Å². The Morgan fingerprint density at radius 2 is 1.62 bits per heavy atom. The molecule has 0 radical (unpaired) electrons. The average molecular weight is 996 g/mol. The Labute approximate surface area is 380 Å². The molecule has 1 fully saturated rings. The number of unbranched alkanes of at least 4 members (excludes halogenated alkanes) is 3. The lowest BCUT2D eigenvalue weighted by molar-refractivity contribution is -0.347. The van der Waals surface area contributed by atoms with Gasteiger partial charge in [0.05, 0.1) is 27.4 Å². The molecule has 0 aromatic carbocycles. The largest absolute Gasteiger partial charge is 0.790 e. The quantitative estimate of drug-likeness (QED) is 0.0413. The van der Waals surface area contributed by atoms with E-state index in [2.05, 4.69) is 74.7 Å². The minimum absolute atomic E-state index is 0.0201. The summed E-state index contributed by atoms with van der Waals surface area (Å²) in [6.07, 6.45) is 12.3. The van der Waals surface area contributed by atoms with Crippen molar-refractivity contribution in [2.24, 2.45) is 5.41 Å². The molecule has 28 heteroatoms. The maximum Gasteiger partial charge on any atom is 0.274 e. The Morgan fingerprint density at radius 1 is 0.954 bits per heavy atom. The fourth-order valence-electron chi connectivity index (χ4n) is 5.84. The van der Waals surface area contributed by atoms with Gasteiger partial charge in [0.15, 0.2) is 22.8 Å². The average Bonchev–Trinajstić information content (AvgIpc) is 3.79. The van der Waals surface area contributed by atoms with Crippen LogP contribution in [0.5, 0.6) is 0 Å². The summed E-state index contributed by atoms with van der Waals surface area (Å²) in [6, 6.07) is 0. The number of nitrogen functional groups attached to an aromatic ring is 1. The molecule has 2 amide bonds. The van der Waals surface area contributed by atoms with Gasteiger partial charge in [-0.25, -0.2) is 19.3 Å². The molecule has 0 aliphatic carbocycles. The number of hydrogen-bond acceptors (Lipinski definition) is 22. The highest BCUT2D eigenvalue weighted by Gasteiger charge is 2.47. The molecule has 0 saturated carbocycles. The molecule has 0 spiro atoms. The number of phosphoric ester groups is 3. The third kappa shape index (κ3) is 20.3. The van der Waals surface area contributed by atoms with E-state index < -0.39 is 84.6 Å². The third-order valence-electron chi connectivity index (χ3n) is 9.27. The number of rotatable bonds is 30. The van der Waals surface area contributed by atoms with E-state index in [0.29, 0.717) is 18.6 Å². The fourth-order valence-corrected chi connectivity index (χ4v) is 9.27. The maximum absolute atomic E-state index is 12.6. The summed E-state index contributed by atoms with van der Waals surface area (Å²) in [5, 5.41) is 26.3. The van der Waals surface area contributed by atoms with E-state index in [-0.39, 0.29) is 41.6 Å². The van der Waals surface area contributed by atoms with Gasteiger partial charge in [-0.3, -0.25) is 28.1 Å². The lowest BCUT2D eigenvalue weighted by Gasteiger charge is -2.36. The van der Waals surface area contributed by atoms with Crippen molar-refractivity contribution in [3.63, 3.8) is 0 Å². The number of carbonyl (C=O) groups is 3. The number of nitrogens with two attached hydrogens (primary N) is 1. The molecule has 2 unspecified atom stereocenters. The molecular formula is C37H56N7O17P3S-4. The first-order chi connectivity index (χ1) is 30.6. The molecule has 2 aromatic rings. The van der Waals surface area contributed by atoms with Crippen molar-refractivity contribution < 1.29 is 80.5 Å². The molecular weight excluding hydrogens is 939 g/mol. The summed E-state index contributed by atoms with van der Waals surface area (Å²) in [5.41, 5.74) is 4.08. The van der Waals surface area contributed by atoms with Crippen molar-refractivity contribution in [2.45, 2.75) is 109 Å². The van der Waals surface area contributed by atoms with E-state index >= 15 is 0 Å². The van der Waals surface area contributed by atoms with E-state index in [0.717, 1.165) is 48.2 Å². The van der Waals surface area contributed by atoms with Crippen molar-refractivity contribution in [3.05, 3.63) is 49.1 Å². The number of thioether (sulfide) groups is 1. The van der Waals surface area contributed by atoms with Crippen LogP contribution in [0.1, 0.15) is 84.8 Å². The summed E-state index contributed by atoms with van der Waals surface area (Å²) < 4.78 is 60.7. The molecule has 3 heterocycles. The molecule has 7 atom stereocenters. The Balaban J connectivity index is 1.35. The predicted octanol–water partition coefficient (Wildman–Crippen LogP) is 0.946. The Morgan fingerprint density at radius 3 is 2.29 bits per heavy atom. The Hall–Kier alpha value is -3.22. The molecule has 3 rings (SSSR count). The zero-order valence-electron chi connectivity index (χ0n) is 36.0. The number of fused-ring (bicyclic) bond motifs is 1. The molecule has 2 aromatic heterocycles. The number of ether oxygens (including phenoxy) is 1. The van der Waals surface area contributed by atoms with E-state index in [4.69, 9.17) is 10.5 Å². The molecule has 1 saturated heterocycles. The highest BCUT2D eigenvalue weighted by Crippen LogP contribution is 2.56. The zero-order valence-corrected chi connectivity index (χ0v) is 39.5. The molecule has 366 valence electrons. The highest BCUT2D eigenvalue weighted by atomic mass is 32.2. The third-order valence-corrected chi connectivity index (χ3v) is 13.2. The van der Waals surface area contributed by atoms with Crippen LogP contribution < -0.4 is 35.9 Å². The van der Waals surface area contributed by atoms with Gasteiger partial charge in [-0.1, -0.05) is 81.8 Å². The topological polar surface area (TPSA) is 375 Å². The first-order valence-corrected chi connectivity index (χ1v) is 25.8. The van der Waals surface area contributed by atoms with Crippen LogP contribution in [0, 0.1) is 5.41 Å². The number of anilines is 1. The van der Waals surface area contributed by atoms with Crippen LogP contribution in [-0.2, 0) is 50.7 Å². The minimum Gasteiger partial charge on any atom is -0.790 e. The van der Waals surface area contributed by atoms with Crippen molar-refractivity contribution in [1.82, 2.24) is 30.2 Å². The molecule has 1 aliphatic rings. The van der Waals surface area contributed by atoms with Gasteiger partial charge in [0, 0.05) is 37.1 Å². The van der Waals surface area contributed by atoms with Gasteiger partial charge in [-0.2, -0.15) is 0 Å². The second kappa shape index (κ2) is 26.9. The number of hydrogen-bond donors (Lipinski definition) is 5. The van der Waals surface area contributed by atoms with Gasteiger partial charge >= 0.3 is 0 Å². The second-order valence-corrected chi connectivity index (χ2v) is 20.3. The van der Waals surface area contributed by atoms with Crippen LogP contribution in [0.15, 0.2) is 49.1 Å². The van der Waals surface area contributed by atoms with E-state index in [9.17, 15) is 57.9 Å². The van der Waals surface area contributed by atoms with Gasteiger partial charge in [0.2, 0.25) is 11.8 Å². The summed E-state index contributed by atoms with van der Waals surface area (Å²) >= 11 is 1.09. The Kier molecular flexibility index (Phi) is 23.3. The van der Waals surface area contributed by atoms with Crippen LogP contribution in [0.3, 0.4) is 0 Å². The van der Waals surface area contributed by atoms with Crippen LogP contribution in [0.4, 0.5) is 5.82 Å². The number of aromatic nitrogens is 4. The number of carbonyl (C=O) groups excluding carboxylic acids is 3. The van der Waals surface area contributed by atoms with E-state index in [1.165, 1.54) is 33.1 Å². The summed E-state index contributed by atoms with van der Waals surface area (Å²) in [4.78, 5) is 96.6. The van der Waals surface area contributed by atoms with Gasteiger partial charge in [0.25, 0.3) is 15.6 Å². The number of aliphatic hydroxyl groups is 2. The highest BCUT2D eigenvalue weighted by molar-refractivity contribution is 8.13. The zero-order chi connectivity index (χ0) is 48.3. The number of amides is 2. The molecule has 65 heavy (non-hydrogen) atoms. The lowest BCUT2D eigenvalue weighted by atomic mass is 9.87. The number of aliphatic hydroxyl groups excluding tert-OH is 2. The summed E-state index contributed by atoms with van der Waals surface area (Å²) in [7, 11) is -17.6. The SMILES string of the molecule is CCCCC/C=C\C/C=C\C/C=C\CCC(=O)SCCNC(=O)CCNC(=O)[C@H](O)C(C)(C)COP(=O)([O-])OP(=O)([O-])OC[C@H]1O[C@@H](n2cnc3c(N)ncnc32)[C@H](O)[C@@H]1OP(=O)([O-])[O-].